The summed E-state index contributed by atoms with van der Waals surface area (Å²) in [4.78, 5) is 0. The van der Waals surface area contributed by atoms with E-state index >= 15 is 0 Å². The number of nitrogens with two attached hydrogens (primary N) is 2. The molecule has 0 heterocycles. The van der Waals surface area contributed by atoms with Crippen LogP contribution in [0.1, 0.15) is 38.5 Å². The number of hydrogen-bond acceptors (Lipinski definition) is 4. The molecule has 0 aromatic heterocycles. The van der Waals surface area contributed by atoms with Gasteiger partial charge in [-0.05, 0) is 51.9 Å². The lowest BCUT2D eigenvalue weighted by Crippen LogP contribution is -2.50. The standard InChI is InChI=1S/C12H28N4/c13-7-3-9-15-11-5-1-2-6-12(11)16-10-4-8-14/h11-12,15-16H,1-10,13-14H2. The average Bonchev–Trinajstić information content (AvgIpc) is 2.32. The SMILES string of the molecule is NCCCNC1CCCCC1NCCCN. The van der Waals surface area contributed by atoms with E-state index in [9.17, 15) is 0 Å². The third kappa shape index (κ3) is 5.25. The molecule has 0 bridgehead atoms. The first kappa shape index (κ1) is 13.9. The van der Waals surface area contributed by atoms with Gasteiger partial charge in [0.25, 0.3) is 0 Å². The summed E-state index contributed by atoms with van der Waals surface area (Å²) in [7, 11) is 0. The van der Waals surface area contributed by atoms with Gasteiger partial charge in [0.15, 0.2) is 0 Å². The summed E-state index contributed by atoms with van der Waals surface area (Å²) in [6.45, 7) is 3.67. The van der Waals surface area contributed by atoms with E-state index in [0.717, 1.165) is 39.0 Å². The van der Waals surface area contributed by atoms with Crippen LogP contribution in [-0.4, -0.2) is 38.3 Å². The largest absolute Gasteiger partial charge is 0.330 e. The summed E-state index contributed by atoms with van der Waals surface area (Å²) in [5, 5.41) is 7.25. The van der Waals surface area contributed by atoms with Crippen molar-refractivity contribution in [1.82, 2.24) is 10.6 Å². The Kier molecular flexibility index (Phi) is 7.76. The van der Waals surface area contributed by atoms with E-state index in [1.807, 2.05) is 0 Å². The van der Waals surface area contributed by atoms with Crippen LogP contribution >= 0.6 is 0 Å². The second kappa shape index (κ2) is 8.93. The molecule has 0 aromatic carbocycles. The Labute approximate surface area is 99.5 Å². The predicted molar refractivity (Wildman–Crippen MR) is 69.4 cm³/mol. The molecule has 1 fully saturated rings. The molecule has 2 atom stereocenters. The minimum Gasteiger partial charge on any atom is -0.330 e. The molecule has 0 aromatic rings. The summed E-state index contributed by atoms with van der Waals surface area (Å²) in [6.07, 6.45) is 7.46. The minimum atomic E-state index is 0.637. The number of hydrogen-bond donors (Lipinski definition) is 4. The first-order valence-electron chi connectivity index (χ1n) is 6.75. The Morgan fingerprint density at radius 1 is 0.812 bits per heavy atom. The van der Waals surface area contributed by atoms with E-state index in [1.165, 1.54) is 25.7 Å². The smallest absolute Gasteiger partial charge is 0.0221 e. The first-order valence-corrected chi connectivity index (χ1v) is 6.75. The molecule has 1 aliphatic rings. The fraction of sp³-hybridized carbons (Fsp3) is 1.00. The maximum Gasteiger partial charge on any atom is 0.0221 e. The zero-order chi connectivity index (χ0) is 11.6. The summed E-state index contributed by atoms with van der Waals surface area (Å²) < 4.78 is 0. The van der Waals surface area contributed by atoms with Gasteiger partial charge in [-0.3, -0.25) is 0 Å². The van der Waals surface area contributed by atoms with Gasteiger partial charge in [-0.2, -0.15) is 0 Å². The van der Waals surface area contributed by atoms with Crippen LogP contribution in [0.3, 0.4) is 0 Å². The Morgan fingerprint density at radius 2 is 1.25 bits per heavy atom. The zero-order valence-corrected chi connectivity index (χ0v) is 10.4. The van der Waals surface area contributed by atoms with Gasteiger partial charge in [0, 0.05) is 12.1 Å². The van der Waals surface area contributed by atoms with Crippen molar-refractivity contribution < 1.29 is 0 Å². The molecule has 1 saturated carbocycles. The molecular weight excluding hydrogens is 200 g/mol. The highest BCUT2D eigenvalue weighted by molar-refractivity contribution is 4.86. The van der Waals surface area contributed by atoms with Crippen molar-refractivity contribution in [2.45, 2.75) is 50.6 Å². The molecule has 4 nitrogen and oxygen atoms in total. The highest BCUT2D eigenvalue weighted by Gasteiger charge is 2.23. The highest BCUT2D eigenvalue weighted by Crippen LogP contribution is 2.18. The minimum absolute atomic E-state index is 0.637. The molecule has 2 unspecified atom stereocenters. The fourth-order valence-electron chi connectivity index (χ4n) is 2.40. The van der Waals surface area contributed by atoms with E-state index in [2.05, 4.69) is 10.6 Å². The average molecular weight is 228 g/mol. The molecule has 0 saturated heterocycles. The Balaban J connectivity index is 2.20. The monoisotopic (exact) mass is 228 g/mol. The van der Waals surface area contributed by atoms with E-state index in [-0.39, 0.29) is 0 Å². The third-order valence-corrected chi connectivity index (χ3v) is 3.34. The predicted octanol–water partition coefficient (Wildman–Crippen LogP) is 0.174. The van der Waals surface area contributed by atoms with E-state index in [0.29, 0.717) is 12.1 Å². The van der Waals surface area contributed by atoms with E-state index in [4.69, 9.17) is 11.5 Å². The molecule has 96 valence electrons. The molecule has 16 heavy (non-hydrogen) atoms. The van der Waals surface area contributed by atoms with Crippen molar-refractivity contribution in [2.24, 2.45) is 11.5 Å². The second-order valence-electron chi connectivity index (χ2n) is 4.69. The van der Waals surface area contributed by atoms with Crippen molar-refractivity contribution in [1.29, 1.82) is 0 Å². The van der Waals surface area contributed by atoms with Crippen LogP contribution in [0.2, 0.25) is 0 Å². The molecule has 1 rings (SSSR count). The van der Waals surface area contributed by atoms with Crippen LogP contribution < -0.4 is 22.1 Å². The lowest BCUT2D eigenvalue weighted by Gasteiger charge is -2.33. The Hall–Kier alpha value is -0.160. The van der Waals surface area contributed by atoms with E-state index in [1.54, 1.807) is 0 Å². The topological polar surface area (TPSA) is 76.1 Å². The molecular formula is C12H28N4. The van der Waals surface area contributed by atoms with Crippen LogP contribution in [0.25, 0.3) is 0 Å². The van der Waals surface area contributed by atoms with Gasteiger partial charge in [0.1, 0.15) is 0 Å². The van der Waals surface area contributed by atoms with Gasteiger partial charge in [-0.25, -0.2) is 0 Å². The maximum absolute atomic E-state index is 5.51. The second-order valence-corrected chi connectivity index (χ2v) is 4.69. The van der Waals surface area contributed by atoms with Gasteiger partial charge < -0.3 is 22.1 Å². The van der Waals surface area contributed by atoms with Crippen LogP contribution in [0, 0.1) is 0 Å². The summed E-state index contributed by atoms with van der Waals surface area (Å²) in [5.41, 5.74) is 11.0. The van der Waals surface area contributed by atoms with Gasteiger partial charge >= 0.3 is 0 Å². The lowest BCUT2D eigenvalue weighted by atomic mass is 9.90. The third-order valence-electron chi connectivity index (χ3n) is 3.34. The van der Waals surface area contributed by atoms with Gasteiger partial charge in [-0.1, -0.05) is 12.8 Å². The number of nitrogens with one attached hydrogen (secondary N) is 2. The van der Waals surface area contributed by atoms with Crippen LogP contribution in [0.15, 0.2) is 0 Å². The van der Waals surface area contributed by atoms with Crippen molar-refractivity contribution in [3.8, 4) is 0 Å². The van der Waals surface area contributed by atoms with Crippen molar-refractivity contribution in [2.75, 3.05) is 26.2 Å². The highest BCUT2D eigenvalue weighted by atomic mass is 15.0. The lowest BCUT2D eigenvalue weighted by molar-refractivity contribution is 0.284. The normalized spacial score (nSPS) is 25.9. The van der Waals surface area contributed by atoms with Crippen LogP contribution in [-0.2, 0) is 0 Å². The fourth-order valence-corrected chi connectivity index (χ4v) is 2.40. The molecule has 0 aliphatic heterocycles. The van der Waals surface area contributed by atoms with Gasteiger partial charge in [0.05, 0.1) is 0 Å². The van der Waals surface area contributed by atoms with Crippen LogP contribution in [0.5, 0.6) is 0 Å². The molecule has 0 amide bonds. The van der Waals surface area contributed by atoms with Crippen molar-refractivity contribution >= 4 is 0 Å². The van der Waals surface area contributed by atoms with Crippen LogP contribution in [0.4, 0.5) is 0 Å². The van der Waals surface area contributed by atoms with Crippen molar-refractivity contribution in [3.63, 3.8) is 0 Å². The van der Waals surface area contributed by atoms with Gasteiger partial charge in [0.2, 0.25) is 0 Å². The summed E-state index contributed by atoms with van der Waals surface area (Å²) >= 11 is 0. The Bertz CT molecular complexity index is 145. The quantitative estimate of drug-likeness (QED) is 0.447. The summed E-state index contributed by atoms with van der Waals surface area (Å²) in [6, 6.07) is 1.27. The van der Waals surface area contributed by atoms with Gasteiger partial charge in [-0.15, -0.1) is 0 Å². The molecule has 6 N–H and O–H groups in total. The maximum atomic E-state index is 5.51. The molecule has 0 radical (unpaired) electrons. The van der Waals surface area contributed by atoms with Crippen molar-refractivity contribution in [3.05, 3.63) is 0 Å². The molecule has 1 aliphatic carbocycles. The first-order chi connectivity index (χ1) is 7.88. The Morgan fingerprint density at radius 3 is 1.62 bits per heavy atom. The number of rotatable bonds is 8. The summed E-state index contributed by atoms with van der Waals surface area (Å²) in [5.74, 6) is 0. The molecule has 0 spiro atoms. The van der Waals surface area contributed by atoms with E-state index < -0.39 is 0 Å². The zero-order valence-electron chi connectivity index (χ0n) is 10.4. The molecule has 4 heteroatoms.